The van der Waals surface area contributed by atoms with Crippen LogP contribution in [-0.4, -0.2) is 31.7 Å². The van der Waals surface area contributed by atoms with Crippen LogP contribution >= 0.6 is 0 Å². The van der Waals surface area contributed by atoms with Gasteiger partial charge in [-0.25, -0.2) is 0 Å². The van der Waals surface area contributed by atoms with Crippen molar-refractivity contribution in [3.8, 4) is 17.1 Å². The Morgan fingerprint density at radius 2 is 2.23 bits per heavy atom. The lowest BCUT2D eigenvalue weighted by atomic mass is 10.2. The van der Waals surface area contributed by atoms with E-state index in [0.29, 0.717) is 23.0 Å². The summed E-state index contributed by atoms with van der Waals surface area (Å²) in [6.07, 6.45) is 2.64. The Hall–Kier alpha value is -3.23. The van der Waals surface area contributed by atoms with Crippen LogP contribution in [0.4, 0.5) is 5.82 Å². The van der Waals surface area contributed by atoms with E-state index in [4.69, 9.17) is 9.26 Å². The van der Waals surface area contributed by atoms with Crippen LogP contribution in [0.25, 0.3) is 11.4 Å². The summed E-state index contributed by atoms with van der Waals surface area (Å²) in [5.41, 5.74) is 0.705. The van der Waals surface area contributed by atoms with E-state index in [1.54, 1.807) is 13.2 Å². The van der Waals surface area contributed by atoms with Gasteiger partial charge >= 0.3 is 5.82 Å². The standard InChI is InChI=1S/C13H11N5O4/c1-21-10-5-3-2-4-9(10)13-15-12(22-16-13)7-17-6-11(14-8-17)18(19)20/h2-6,8H,7H2,1H3. The number of nitrogens with zero attached hydrogens (tertiary/aromatic N) is 5. The Morgan fingerprint density at radius 1 is 1.41 bits per heavy atom. The number of benzene rings is 1. The van der Waals surface area contributed by atoms with E-state index >= 15 is 0 Å². The minimum Gasteiger partial charge on any atom is -0.496 e. The van der Waals surface area contributed by atoms with E-state index in [2.05, 4.69) is 15.1 Å². The van der Waals surface area contributed by atoms with Gasteiger partial charge in [-0.05, 0) is 22.0 Å². The molecule has 0 saturated heterocycles. The number of rotatable bonds is 5. The second-order valence-corrected chi connectivity index (χ2v) is 4.37. The molecule has 0 N–H and O–H groups in total. The van der Waals surface area contributed by atoms with Gasteiger partial charge in [0.2, 0.25) is 18.0 Å². The molecule has 0 radical (unpaired) electrons. The molecule has 112 valence electrons. The molecule has 22 heavy (non-hydrogen) atoms. The summed E-state index contributed by atoms with van der Waals surface area (Å²) in [4.78, 5) is 17.9. The summed E-state index contributed by atoms with van der Waals surface area (Å²) in [7, 11) is 1.56. The molecule has 0 unspecified atom stereocenters. The fourth-order valence-electron chi connectivity index (χ4n) is 1.94. The Bertz CT molecular complexity index is 810. The van der Waals surface area contributed by atoms with E-state index in [9.17, 15) is 10.1 Å². The third-order valence-electron chi connectivity index (χ3n) is 2.94. The summed E-state index contributed by atoms with van der Waals surface area (Å²) in [5.74, 6) is 1.10. The molecule has 0 aliphatic heterocycles. The van der Waals surface area contributed by atoms with Crippen molar-refractivity contribution in [1.29, 1.82) is 0 Å². The van der Waals surface area contributed by atoms with Crippen LogP contribution < -0.4 is 4.74 Å². The van der Waals surface area contributed by atoms with E-state index in [-0.39, 0.29) is 12.4 Å². The van der Waals surface area contributed by atoms with Gasteiger partial charge in [-0.15, -0.1) is 0 Å². The molecule has 3 aromatic rings. The van der Waals surface area contributed by atoms with Crippen LogP contribution in [0.2, 0.25) is 0 Å². The van der Waals surface area contributed by atoms with E-state index < -0.39 is 4.92 Å². The van der Waals surface area contributed by atoms with Crippen LogP contribution in [0.3, 0.4) is 0 Å². The molecule has 9 nitrogen and oxygen atoms in total. The van der Waals surface area contributed by atoms with Crippen LogP contribution in [0.1, 0.15) is 5.89 Å². The third-order valence-corrected chi connectivity index (χ3v) is 2.94. The number of imidazole rings is 1. The number of methoxy groups -OCH3 is 1. The Balaban J connectivity index is 1.82. The first kappa shape index (κ1) is 13.7. The molecule has 0 fully saturated rings. The van der Waals surface area contributed by atoms with Crippen LogP contribution in [0.5, 0.6) is 5.75 Å². The molecule has 3 rings (SSSR count). The maximum atomic E-state index is 10.6. The molecule has 0 aliphatic carbocycles. The SMILES string of the molecule is COc1ccccc1-c1noc(Cn2cnc([N+](=O)[O-])c2)n1. The van der Waals surface area contributed by atoms with Crippen molar-refractivity contribution in [2.75, 3.05) is 7.11 Å². The van der Waals surface area contributed by atoms with Crippen molar-refractivity contribution >= 4 is 5.82 Å². The molecule has 0 amide bonds. The fraction of sp³-hybridized carbons (Fsp3) is 0.154. The number of para-hydroxylation sites is 1. The molecule has 2 heterocycles. The molecule has 1 aromatic carbocycles. The molecule has 9 heteroatoms. The van der Waals surface area contributed by atoms with Gasteiger partial charge in [0.25, 0.3) is 0 Å². The second-order valence-electron chi connectivity index (χ2n) is 4.37. The highest BCUT2D eigenvalue weighted by atomic mass is 16.6. The highest BCUT2D eigenvalue weighted by Gasteiger charge is 2.15. The fourth-order valence-corrected chi connectivity index (χ4v) is 1.94. The average molecular weight is 301 g/mol. The zero-order valence-electron chi connectivity index (χ0n) is 11.5. The number of ether oxygens (including phenoxy) is 1. The highest BCUT2D eigenvalue weighted by molar-refractivity contribution is 5.63. The summed E-state index contributed by atoms with van der Waals surface area (Å²) < 4.78 is 11.9. The van der Waals surface area contributed by atoms with Crippen LogP contribution in [0.15, 0.2) is 41.3 Å². The molecule has 0 aliphatic rings. The zero-order valence-corrected chi connectivity index (χ0v) is 11.5. The summed E-state index contributed by atoms with van der Waals surface area (Å²) in [6, 6.07) is 7.29. The predicted molar refractivity (Wildman–Crippen MR) is 74.3 cm³/mol. The van der Waals surface area contributed by atoms with Crippen molar-refractivity contribution in [1.82, 2.24) is 19.7 Å². The third kappa shape index (κ3) is 2.64. The summed E-state index contributed by atoms with van der Waals surface area (Å²) >= 11 is 0. The first-order valence-corrected chi connectivity index (χ1v) is 6.29. The largest absolute Gasteiger partial charge is 0.496 e. The van der Waals surface area contributed by atoms with E-state index in [0.717, 1.165) is 0 Å². The lowest BCUT2D eigenvalue weighted by Gasteiger charge is -2.02. The molecule has 0 atom stereocenters. The number of hydrogen-bond acceptors (Lipinski definition) is 7. The van der Waals surface area contributed by atoms with Crippen LogP contribution in [-0.2, 0) is 6.54 Å². The zero-order chi connectivity index (χ0) is 15.5. The van der Waals surface area contributed by atoms with Crippen molar-refractivity contribution in [3.63, 3.8) is 0 Å². The predicted octanol–water partition coefficient (Wildman–Crippen LogP) is 1.90. The molecule has 0 saturated carbocycles. The minimum atomic E-state index is -0.565. The number of hydrogen-bond donors (Lipinski definition) is 0. The maximum Gasteiger partial charge on any atom is 0.381 e. The maximum absolute atomic E-state index is 10.6. The molecule has 2 aromatic heterocycles. The van der Waals surface area contributed by atoms with Crippen LogP contribution in [0, 0.1) is 10.1 Å². The Morgan fingerprint density at radius 3 is 2.95 bits per heavy atom. The lowest BCUT2D eigenvalue weighted by molar-refractivity contribution is -0.389. The number of aromatic nitrogens is 4. The topological polar surface area (TPSA) is 109 Å². The van der Waals surface area contributed by atoms with Crippen molar-refractivity contribution in [2.24, 2.45) is 0 Å². The summed E-state index contributed by atoms with van der Waals surface area (Å²) in [5, 5.41) is 14.5. The molecular weight excluding hydrogens is 290 g/mol. The van der Waals surface area contributed by atoms with E-state index in [1.165, 1.54) is 17.1 Å². The van der Waals surface area contributed by atoms with E-state index in [1.807, 2.05) is 18.2 Å². The minimum absolute atomic E-state index is 0.197. The Kier molecular flexibility index (Phi) is 3.52. The smallest absolute Gasteiger partial charge is 0.381 e. The van der Waals surface area contributed by atoms with Gasteiger partial charge in [0.05, 0.1) is 12.7 Å². The Labute approximate surface area is 124 Å². The van der Waals surface area contributed by atoms with Gasteiger partial charge in [0, 0.05) is 0 Å². The van der Waals surface area contributed by atoms with Gasteiger partial charge in [0.15, 0.2) is 0 Å². The van der Waals surface area contributed by atoms with Gasteiger partial charge in [0.1, 0.15) is 18.5 Å². The average Bonchev–Trinajstić information content (AvgIpc) is 3.17. The van der Waals surface area contributed by atoms with Crippen molar-refractivity contribution in [2.45, 2.75) is 6.54 Å². The van der Waals surface area contributed by atoms with Gasteiger partial charge in [-0.3, -0.25) is 0 Å². The second kappa shape index (κ2) is 5.64. The van der Waals surface area contributed by atoms with Gasteiger partial charge in [-0.1, -0.05) is 17.3 Å². The quantitative estimate of drug-likeness (QED) is 0.523. The van der Waals surface area contributed by atoms with Crippen molar-refractivity contribution in [3.05, 3.63) is 52.8 Å². The first-order chi connectivity index (χ1) is 10.7. The highest BCUT2D eigenvalue weighted by Crippen LogP contribution is 2.27. The molecular formula is C13H11N5O4. The molecule has 0 bridgehead atoms. The van der Waals surface area contributed by atoms with Gasteiger partial charge in [-0.2, -0.15) is 4.98 Å². The number of nitro groups is 1. The monoisotopic (exact) mass is 301 g/mol. The molecule has 0 spiro atoms. The normalized spacial score (nSPS) is 10.6. The lowest BCUT2D eigenvalue weighted by Crippen LogP contribution is -1.97. The van der Waals surface area contributed by atoms with Gasteiger partial charge < -0.3 is 23.9 Å². The van der Waals surface area contributed by atoms with Crippen molar-refractivity contribution < 1.29 is 14.2 Å². The first-order valence-electron chi connectivity index (χ1n) is 6.29. The summed E-state index contributed by atoms with van der Waals surface area (Å²) in [6.45, 7) is 0.197.